The zero-order chi connectivity index (χ0) is 12.7. The largest absolute Gasteiger partial charge is 0.380 e. The minimum Gasteiger partial charge on any atom is -0.380 e. The zero-order valence-corrected chi connectivity index (χ0v) is 11.1. The van der Waals surface area contributed by atoms with E-state index in [9.17, 15) is 4.79 Å². The van der Waals surface area contributed by atoms with Gasteiger partial charge in [0.25, 0.3) is 0 Å². The summed E-state index contributed by atoms with van der Waals surface area (Å²) < 4.78 is 5.24. The van der Waals surface area contributed by atoms with Crippen molar-refractivity contribution in [2.24, 2.45) is 0 Å². The van der Waals surface area contributed by atoms with Gasteiger partial charge in [-0.15, -0.1) is 11.3 Å². The van der Waals surface area contributed by atoms with Gasteiger partial charge in [-0.25, -0.2) is 4.98 Å². The monoisotopic (exact) mass is 257 g/mol. The molecule has 6 heteroatoms. The number of anilines is 1. The van der Waals surface area contributed by atoms with Gasteiger partial charge >= 0.3 is 0 Å². The molecule has 0 fully saturated rings. The van der Waals surface area contributed by atoms with Crippen LogP contribution in [0.1, 0.15) is 19.5 Å². The molecule has 0 spiro atoms. The van der Waals surface area contributed by atoms with Crippen LogP contribution in [0.2, 0.25) is 0 Å². The molecule has 0 aliphatic rings. The Kier molecular flexibility index (Phi) is 5.93. The molecule has 0 aliphatic carbocycles. The van der Waals surface area contributed by atoms with E-state index in [4.69, 9.17) is 10.5 Å². The molecule has 1 heterocycles. The second-order valence-corrected chi connectivity index (χ2v) is 4.41. The summed E-state index contributed by atoms with van der Waals surface area (Å²) in [5.41, 5.74) is 6.27. The lowest BCUT2D eigenvalue weighted by atomic mass is 10.3. The molecule has 1 rings (SSSR count). The van der Waals surface area contributed by atoms with Gasteiger partial charge in [0.2, 0.25) is 5.91 Å². The third-order valence-electron chi connectivity index (χ3n) is 2.35. The van der Waals surface area contributed by atoms with Crippen LogP contribution < -0.4 is 5.73 Å². The quantitative estimate of drug-likeness (QED) is 0.744. The van der Waals surface area contributed by atoms with Crippen molar-refractivity contribution in [3.8, 4) is 0 Å². The number of thiazole rings is 1. The number of ether oxygens (including phenoxy) is 1. The van der Waals surface area contributed by atoms with E-state index >= 15 is 0 Å². The third kappa shape index (κ3) is 4.70. The van der Waals surface area contributed by atoms with Crippen molar-refractivity contribution in [3.05, 3.63) is 11.1 Å². The highest BCUT2D eigenvalue weighted by Gasteiger charge is 2.13. The smallest absolute Gasteiger partial charge is 0.228 e. The molecule has 0 radical (unpaired) electrons. The molecule has 0 bridgehead atoms. The average Bonchev–Trinajstić information content (AvgIpc) is 2.70. The van der Waals surface area contributed by atoms with Crippen LogP contribution in [0, 0.1) is 0 Å². The summed E-state index contributed by atoms with van der Waals surface area (Å²) >= 11 is 1.36. The molecular weight excluding hydrogens is 238 g/mol. The fourth-order valence-electron chi connectivity index (χ4n) is 1.45. The van der Waals surface area contributed by atoms with Crippen molar-refractivity contribution in [3.63, 3.8) is 0 Å². The van der Waals surface area contributed by atoms with E-state index in [2.05, 4.69) is 4.98 Å². The number of carbonyl (C=O) groups excluding carboxylic acids is 1. The molecule has 0 aliphatic heterocycles. The molecule has 2 N–H and O–H groups in total. The Bertz CT molecular complexity index is 354. The second kappa shape index (κ2) is 7.24. The number of nitrogen functional groups attached to an aromatic ring is 1. The van der Waals surface area contributed by atoms with E-state index in [0.717, 1.165) is 5.69 Å². The van der Waals surface area contributed by atoms with Gasteiger partial charge in [-0.2, -0.15) is 0 Å². The Morgan fingerprint density at radius 3 is 2.88 bits per heavy atom. The van der Waals surface area contributed by atoms with Crippen LogP contribution in [0.5, 0.6) is 0 Å². The van der Waals surface area contributed by atoms with Crippen molar-refractivity contribution >= 4 is 22.4 Å². The molecule has 1 amide bonds. The molecule has 17 heavy (non-hydrogen) atoms. The number of hydrogen-bond acceptors (Lipinski definition) is 5. The first kappa shape index (κ1) is 13.9. The number of hydrogen-bond donors (Lipinski definition) is 1. The average molecular weight is 257 g/mol. The van der Waals surface area contributed by atoms with E-state index in [1.54, 1.807) is 4.90 Å². The van der Waals surface area contributed by atoms with Crippen molar-refractivity contribution in [1.82, 2.24) is 9.88 Å². The maximum Gasteiger partial charge on any atom is 0.228 e. The minimum atomic E-state index is 0.0671. The predicted molar refractivity (Wildman–Crippen MR) is 69.0 cm³/mol. The maximum atomic E-state index is 11.9. The van der Waals surface area contributed by atoms with E-state index < -0.39 is 0 Å². The SMILES string of the molecule is CCOCCN(CC)C(=O)Cc1csc(N)n1. The molecule has 0 saturated heterocycles. The highest BCUT2D eigenvalue weighted by atomic mass is 32.1. The van der Waals surface area contributed by atoms with Gasteiger partial charge in [-0.3, -0.25) is 4.79 Å². The maximum absolute atomic E-state index is 11.9. The van der Waals surface area contributed by atoms with Gasteiger partial charge in [0.1, 0.15) is 0 Å². The van der Waals surface area contributed by atoms with E-state index in [1.165, 1.54) is 11.3 Å². The lowest BCUT2D eigenvalue weighted by molar-refractivity contribution is -0.131. The summed E-state index contributed by atoms with van der Waals surface area (Å²) in [6, 6.07) is 0. The summed E-state index contributed by atoms with van der Waals surface area (Å²) in [7, 11) is 0. The molecule has 0 saturated carbocycles. The number of likely N-dealkylation sites (N-methyl/N-ethyl adjacent to an activating group) is 1. The Morgan fingerprint density at radius 1 is 1.59 bits per heavy atom. The Labute approximate surface area is 106 Å². The number of nitrogens with two attached hydrogens (primary N) is 1. The topological polar surface area (TPSA) is 68.5 Å². The van der Waals surface area contributed by atoms with Crippen LogP contribution in [0.3, 0.4) is 0 Å². The Morgan fingerprint density at radius 2 is 2.35 bits per heavy atom. The van der Waals surface area contributed by atoms with Crippen LogP contribution in [0.25, 0.3) is 0 Å². The van der Waals surface area contributed by atoms with Crippen molar-refractivity contribution in [2.45, 2.75) is 20.3 Å². The van der Waals surface area contributed by atoms with E-state index in [0.29, 0.717) is 37.9 Å². The molecule has 96 valence electrons. The lowest BCUT2D eigenvalue weighted by Gasteiger charge is -2.20. The van der Waals surface area contributed by atoms with Gasteiger partial charge in [0.05, 0.1) is 18.7 Å². The summed E-state index contributed by atoms with van der Waals surface area (Å²) in [6.07, 6.45) is 0.313. The van der Waals surface area contributed by atoms with Gasteiger partial charge in [-0.05, 0) is 13.8 Å². The molecule has 0 atom stereocenters. The van der Waals surface area contributed by atoms with E-state index in [1.807, 2.05) is 19.2 Å². The Hall–Kier alpha value is -1.14. The number of nitrogens with zero attached hydrogens (tertiary/aromatic N) is 2. The number of amides is 1. The van der Waals surface area contributed by atoms with Gasteiger partial charge in [-0.1, -0.05) is 0 Å². The number of rotatable bonds is 7. The van der Waals surface area contributed by atoms with Crippen LogP contribution in [0.15, 0.2) is 5.38 Å². The van der Waals surface area contributed by atoms with Gasteiger partial charge in [0.15, 0.2) is 5.13 Å². The first-order valence-electron chi connectivity index (χ1n) is 5.72. The van der Waals surface area contributed by atoms with Crippen LogP contribution in [-0.2, 0) is 16.0 Å². The lowest BCUT2D eigenvalue weighted by Crippen LogP contribution is -2.35. The zero-order valence-electron chi connectivity index (χ0n) is 10.3. The van der Waals surface area contributed by atoms with Crippen molar-refractivity contribution in [2.75, 3.05) is 32.0 Å². The van der Waals surface area contributed by atoms with Crippen LogP contribution in [0.4, 0.5) is 5.13 Å². The van der Waals surface area contributed by atoms with Crippen molar-refractivity contribution in [1.29, 1.82) is 0 Å². The van der Waals surface area contributed by atoms with Gasteiger partial charge in [0, 0.05) is 25.1 Å². The summed E-state index contributed by atoms with van der Waals surface area (Å²) in [5.74, 6) is 0.0671. The predicted octanol–water partition coefficient (Wildman–Crippen LogP) is 1.15. The van der Waals surface area contributed by atoms with Crippen molar-refractivity contribution < 1.29 is 9.53 Å². The summed E-state index contributed by atoms with van der Waals surface area (Å²) in [6.45, 7) is 6.47. The fourth-order valence-corrected chi connectivity index (χ4v) is 2.01. The standard InChI is InChI=1S/C11H19N3O2S/c1-3-14(5-6-16-4-2)10(15)7-9-8-17-11(12)13-9/h8H,3-7H2,1-2H3,(H2,12,13). The third-order valence-corrected chi connectivity index (χ3v) is 3.07. The normalized spacial score (nSPS) is 10.5. The molecule has 5 nitrogen and oxygen atoms in total. The number of carbonyl (C=O) groups is 1. The minimum absolute atomic E-state index is 0.0671. The summed E-state index contributed by atoms with van der Waals surface area (Å²) in [5, 5.41) is 2.33. The fraction of sp³-hybridized carbons (Fsp3) is 0.636. The first-order chi connectivity index (χ1) is 8.17. The highest BCUT2D eigenvalue weighted by Crippen LogP contribution is 2.12. The molecule has 0 aromatic carbocycles. The molecule has 0 unspecified atom stereocenters. The Balaban J connectivity index is 2.43. The van der Waals surface area contributed by atoms with Crippen LogP contribution in [-0.4, -0.2) is 42.1 Å². The summed E-state index contributed by atoms with van der Waals surface area (Å²) in [4.78, 5) is 17.8. The second-order valence-electron chi connectivity index (χ2n) is 3.52. The van der Waals surface area contributed by atoms with Gasteiger partial charge < -0.3 is 15.4 Å². The molecular formula is C11H19N3O2S. The molecule has 1 aromatic rings. The first-order valence-corrected chi connectivity index (χ1v) is 6.60. The highest BCUT2D eigenvalue weighted by molar-refractivity contribution is 7.13. The van der Waals surface area contributed by atoms with Crippen LogP contribution >= 0.6 is 11.3 Å². The molecule has 1 aromatic heterocycles. The van der Waals surface area contributed by atoms with E-state index in [-0.39, 0.29) is 5.91 Å². The number of aromatic nitrogens is 1.